The third kappa shape index (κ3) is 4.65. The van der Waals surface area contributed by atoms with Gasteiger partial charge in [0, 0.05) is 82.9 Å². The number of hydrogen-bond acceptors (Lipinski definition) is 6. The van der Waals surface area contributed by atoms with E-state index in [1.807, 2.05) is 17.8 Å². The van der Waals surface area contributed by atoms with Gasteiger partial charge >= 0.3 is 0 Å². The average molecular weight is 515 g/mol. The molecule has 3 fully saturated rings. The van der Waals surface area contributed by atoms with Crippen LogP contribution in [0.2, 0.25) is 0 Å². The predicted molar refractivity (Wildman–Crippen MR) is 149 cm³/mol. The first-order valence-corrected chi connectivity index (χ1v) is 13.6. The van der Waals surface area contributed by atoms with Gasteiger partial charge < -0.3 is 14.5 Å². The topological polar surface area (TPSA) is 77.1 Å². The number of benzene rings is 1. The lowest BCUT2D eigenvalue weighted by Crippen LogP contribution is -2.62. The fraction of sp³-hybridized carbons (Fsp3) is 0.500. The predicted octanol–water partition coefficient (Wildman–Crippen LogP) is 4.16. The number of methoxy groups -OCH3 is 1. The van der Waals surface area contributed by atoms with Crippen LogP contribution in [-0.4, -0.2) is 77.7 Å². The first kappa shape index (κ1) is 26.2. The largest absolute Gasteiger partial charge is 0.371 e. The number of carbonyl (C=O) groups is 1. The molecule has 8 heteroatoms. The summed E-state index contributed by atoms with van der Waals surface area (Å²) in [6.07, 6.45) is 7.33. The van der Waals surface area contributed by atoms with E-state index in [2.05, 4.69) is 82.8 Å². The molecular weight excluding hydrogens is 476 g/mol. The summed E-state index contributed by atoms with van der Waals surface area (Å²) in [5, 5.41) is 11.1. The fourth-order valence-electron chi connectivity index (χ4n) is 5.88. The number of rotatable bonds is 6. The van der Waals surface area contributed by atoms with Crippen molar-refractivity contribution in [2.45, 2.75) is 44.8 Å². The summed E-state index contributed by atoms with van der Waals surface area (Å²) in [6.45, 7) is 13.2. The summed E-state index contributed by atoms with van der Waals surface area (Å²) >= 11 is 0. The van der Waals surface area contributed by atoms with E-state index >= 15 is 0 Å². The molecule has 3 aliphatic rings. The van der Waals surface area contributed by atoms with Gasteiger partial charge in [-0.15, -0.1) is 0 Å². The Bertz CT molecular complexity index is 1280. The molecule has 2 saturated heterocycles. The van der Waals surface area contributed by atoms with Gasteiger partial charge in [-0.25, -0.2) is 9.78 Å². The maximum absolute atomic E-state index is 12.7. The van der Waals surface area contributed by atoms with Crippen LogP contribution in [0.4, 0.5) is 5.69 Å². The standard InChI is InChI=1S/C29H37N5O2.CHN/c1-21(2)33-19-29(20-33,36-3)25-9-7-22(8-10-25)24-17-27-26(11-12-30-34(27)18-24)31-13-15-32(16-14-31)28(35)23-5-4-6-23;1-2/h7-12,17-18,21,23H,4-6,13-16,19-20H2,1-3H3;1H. The monoisotopic (exact) mass is 514 g/mol. The molecule has 8 nitrogen and oxygen atoms in total. The van der Waals surface area contributed by atoms with Crippen LogP contribution in [0.25, 0.3) is 16.6 Å². The van der Waals surface area contributed by atoms with Crippen LogP contribution in [0.3, 0.4) is 0 Å². The van der Waals surface area contributed by atoms with Crippen molar-refractivity contribution in [2.24, 2.45) is 5.92 Å². The van der Waals surface area contributed by atoms with Crippen LogP contribution in [0, 0.1) is 17.8 Å². The number of piperazine rings is 1. The first-order valence-electron chi connectivity index (χ1n) is 13.6. The van der Waals surface area contributed by atoms with Crippen LogP contribution in [0.5, 0.6) is 0 Å². The molecule has 1 aliphatic carbocycles. The fourth-order valence-corrected chi connectivity index (χ4v) is 5.88. The van der Waals surface area contributed by atoms with Gasteiger partial charge in [0.05, 0.1) is 11.2 Å². The van der Waals surface area contributed by atoms with Crippen molar-refractivity contribution in [2.75, 3.05) is 51.3 Å². The third-order valence-corrected chi connectivity index (χ3v) is 8.66. The summed E-state index contributed by atoms with van der Waals surface area (Å²) in [5.41, 5.74) is 5.66. The molecule has 3 aromatic rings. The van der Waals surface area contributed by atoms with E-state index in [0.717, 1.165) is 63.2 Å². The van der Waals surface area contributed by atoms with Crippen molar-refractivity contribution in [1.82, 2.24) is 19.4 Å². The van der Waals surface area contributed by atoms with Crippen molar-refractivity contribution in [3.8, 4) is 17.7 Å². The molecule has 0 radical (unpaired) electrons. The van der Waals surface area contributed by atoms with Crippen molar-refractivity contribution < 1.29 is 9.53 Å². The maximum Gasteiger partial charge on any atom is 0.225 e. The molecule has 0 bridgehead atoms. The van der Waals surface area contributed by atoms with E-state index in [0.29, 0.717) is 11.9 Å². The van der Waals surface area contributed by atoms with Gasteiger partial charge in [0.1, 0.15) is 5.60 Å². The molecular formula is C30H38N6O2. The molecule has 1 aromatic carbocycles. The van der Waals surface area contributed by atoms with Crippen molar-refractivity contribution in [1.29, 1.82) is 5.26 Å². The van der Waals surface area contributed by atoms with Crippen LogP contribution in [-0.2, 0) is 15.1 Å². The van der Waals surface area contributed by atoms with Crippen LogP contribution in [0.1, 0.15) is 38.7 Å². The van der Waals surface area contributed by atoms with Gasteiger partial charge in [0.25, 0.3) is 0 Å². The van der Waals surface area contributed by atoms with Crippen molar-refractivity contribution in [3.05, 3.63) is 54.4 Å². The Hall–Kier alpha value is -3.41. The van der Waals surface area contributed by atoms with E-state index in [4.69, 9.17) is 10.00 Å². The Morgan fingerprint density at radius 3 is 2.32 bits per heavy atom. The van der Waals surface area contributed by atoms with Gasteiger partial charge in [-0.2, -0.15) is 5.10 Å². The van der Waals surface area contributed by atoms with E-state index in [9.17, 15) is 4.79 Å². The second-order valence-corrected chi connectivity index (χ2v) is 11.0. The van der Waals surface area contributed by atoms with Gasteiger partial charge in [0.2, 0.25) is 5.91 Å². The zero-order valence-electron chi connectivity index (χ0n) is 22.7. The van der Waals surface area contributed by atoms with Crippen molar-refractivity contribution >= 4 is 17.1 Å². The number of ether oxygens (including phenoxy) is 1. The zero-order chi connectivity index (χ0) is 26.9. The molecule has 0 atom stereocenters. The van der Waals surface area contributed by atoms with Crippen molar-refractivity contribution in [3.63, 3.8) is 0 Å². The number of anilines is 1. The van der Waals surface area contributed by atoms with E-state index in [1.165, 1.54) is 23.2 Å². The number of amides is 1. The van der Waals surface area contributed by atoms with E-state index < -0.39 is 0 Å². The maximum atomic E-state index is 12.7. The molecule has 6 rings (SSSR count). The molecule has 0 spiro atoms. The molecule has 1 saturated carbocycles. The molecule has 0 unspecified atom stereocenters. The quantitative estimate of drug-likeness (QED) is 0.492. The molecule has 200 valence electrons. The molecule has 1 amide bonds. The Balaban J connectivity index is 0.00000144. The Morgan fingerprint density at radius 2 is 1.74 bits per heavy atom. The number of hydrogen-bond donors (Lipinski definition) is 0. The number of fused-ring (bicyclic) bond motifs is 1. The second-order valence-electron chi connectivity index (χ2n) is 11.0. The van der Waals surface area contributed by atoms with E-state index in [-0.39, 0.29) is 11.5 Å². The average Bonchev–Trinajstić information content (AvgIpc) is 3.33. The highest BCUT2D eigenvalue weighted by atomic mass is 16.5. The summed E-state index contributed by atoms with van der Waals surface area (Å²) < 4.78 is 7.96. The number of aromatic nitrogens is 2. The first-order chi connectivity index (χ1) is 18.5. The van der Waals surface area contributed by atoms with Crippen LogP contribution in [0.15, 0.2) is 48.8 Å². The Labute approximate surface area is 225 Å². The SMILES string of the molecule is C#N.COC1(c2ccc(-c3cc4c(N5CCN(C(=O)C6CCC6)CC5)ccnn4c3)cc2)CN(C(C)C)C1. The minimum Gasteiger partial charge on any atom is -0.371 e. The number of nitrogens with zero attached hydrogens (tertiary/aromatic N) is 6. The summed E-state index contributed by atoms with van der Waals surface area (Å²) in [7, 11) is 1.82. The highest BCUT2D eigenvalue weighted by molar-refractivity contribution is 5.82. The minimum atomic E-state index is -0.203. The second kappa shape index (κ2) is 10.8. The highest BCUT2D eigenvalue weighted by Crippen LogP contribution is 2.38. The van der Waals surface area contributed by atoms with E-state index in [1.54, 1.807) is 0 Å². The minimum absolute atomic E-state index is 0.203. The van der Waals surface area contributed by atoms with Gasteiger partial charge in [-0.1, -0.05) is 30.7 Å². The lowest BCUT2D eigenvalue weighted by atomic mass is 9.84. The molecule has 0 N–H and O–H groups in total. The third-order valence-electron chi connectivity index (χ3n) is 8.66. The van der Waals surface area contributed by atoms with Crippen LogP contribution < -0.4 is 4.90 Å². The van der Waals surface area contributed by atoms with Gasteiger partial charge in [0.15, 0.2) is 0 Å². The lowest BCUT2D eigenvalue weighted by molar-refractivity contribution is -0.141. The van der Waals surface area contributed by atoms with Crippen LogP contribution >= 0.6 is 0 Å². The van der Waals surface area contributed by atoms with Gasteiger partial charge in [-0.3, -0.25) is 9.69 Å². The molecule has 4 heterocycles. The zero-order valence-corrected chi connectivity index (χ0v) is 22.7. The summed E-state index contributed by atoms with van der Waals surface area (Å²) in [6, 6.07) is 13.7. The summed E-state index contributed by atoms with van der Waals surface area (Å²) in [5.74, 6) is 0.643. The Kier molecular flexibility index (Phi) is 7.42. The normalized spacial score (nSPS) is 19.5. The highest BCUT2D eigenvalue weighted by Gasteiger charge is 2.45. The number of carbonyl (C=O) groups excluding carboxylic acids is 1. The lowest BCUT2D eigenvalue weighted by Gasteiger charge is -2.51. The smallest absolute Gasteiger partial charge is 0.225 e. The number of likely N-dealkylation sites (tertiary alicyclic amines) is 1. The summed E-state index contributed by atoms with van der Waals surface area (Å²) in [4.78, 5) is 19.6. The Morgan fingerprint density at radius 1 is 1.05 bits per heavy atom. The van der Waals surface area contributed by atoms with Gasteiger partial charge in [-0.05, 0) is 49.9 Å². The molecule has 2 aromatic heterocycles. The number of nitriles is 1. The molecule has 38 heavy (non-hydrogen) atoms. The molecule has 2 aliphatic heterocycles.